The molecule has 2 unspecified atom stereocenters. The van der Waals surface area contributed by atoms with Gasteiger partial charge in [0.15, 0.2) is 0 Å². The molecule has 2 atom stereocenters. The summed E-state index contributed by atoms with van der Waals surface area (Å²) in [5.41, 5.74) is 0.586. The van der Waals surface area contributed by atoms with Crippen molar-refractivity contribution < 1.29 is 19.6 Å². The standard InChI is InChI=1S/C14H16N2O5/c1-8-3-4-10(5-12(8)16(20)21)13(17)15-6-9(2)11(7-15)14(18)19/h3-5,9,11H,6-7H2,1-2H3,(H,18,19). The average molecular weight is 292 g/mol. The van der Waals surface area contributed by atoms with Gasteiger partial charge in [0.1, 0.15) is 0 Å². The highest BCUT2D eigenvalue weighted by Crippen LogP contribution is 2.26. The van der Waals surface area contributed by atoms with Crippen LogP contribution in [0.2, 0.25) is 0 Å². The van der Waals surface area contributed by atoms with Gasteiger partial charge in [-0.1, -0.05) is 13.0 Å². The molecule has 7 nitrogen and oxygen atoms in total. The van der Waals surface area contributed by atoms with E-state index in [1.807, 2.05) is 0 Å². The van der Waals surface area contributed by atoms with Crippen LogP contribution in [-0.4, -0.2) is 39.9 Å². The van der Waals surface area contributed by atoms with Gasteiger partial charge < -0.3 is 10.0 Å². The molecule has 0 bridgehead atoms. The van der Waals surface area contributed by atoms with Crippen LogP contribution in [0.25, 0.3) is 0 Å². The first-order valence-electron chi connectivity index (χ1n) is 6.58. The Bertz CT molecular complexity index is 613. The summed E-state index contributed by atoms with van der Waals surface area (Å²) in [7, 11) is 0. The normalized spacial score (nSPS) is 21.3. The van der Waals surface area contributed by atoms with Crippen LogP contribution in [0.4, 0.5) is 5.69 Å². The van der Waals surface area contributed by atoms with Crippen molar-refractivity contribution in [1.29, 1.82) is 0 Å². The number of carboxylic acid groups (broad SMARTS) is 1. The number of benzene rings is 1. The maximum atomic E-state index is 12.4. The van der Waals surface area contributed by atoms with Gasteiger partial charge in [-0.15, -0.1) is 0 Å². The third-order valence-corrected chi connectivity index (χ3v) is 3.87. The molecule has 1 N–H and O–H groups in total. The molecule has 0 aromatic heterocycles. The number of hydrogen-bond donors (Lipinski definition) is 1. The Morgan fingerprint density at radius 3 is 2.57 bits per heavy atom. The topological polar surface area (TPSA) is 101 Å². The first kappa shape index (κ1) is 15.0. The van der Waals surface area contributed by atoms with Crippen LogP contribution in [0.3, 0.4) is 0 Å². The summed E-state index contributed by atoms with van der Waals surface area (Å²) in [5.74, 6) is -2.01. The van der Waals surface area contributed by atoms with Crippen molar-refractivity contribution in [2.75, 3.05) is 13.1 Å². The van der Waals surface area contributed by atoms with E-state index in [1.165, 1.54) is 23.1 Å². The number of nitrogens with zero attached hydrogens (tertiary/aromatic N) is 2. The zero-order valence-electron chi connectivity index (χ0n) is 11.8. The van der Waals surface area contributed by atoms with E-state index in [-0.39, 0.29) is 29.6 Å². The van der Waals surface area contributed by atoms with Gasteiger partial charge >= 0.3 is 5.97 Å². The molecule has 1 aromatic rings. The van der Waals surface area contributed by atoms with Crippen molar-refractivity contribution in [3.8, 4) is 0 Å². The van der Waals surface area contributed by atoms with E-state index < -0.39 is 16.8 Å². The molecule has 112 valence electrons. The van der Waals surface area contributed by atoms with E-state index in [0.29, 0.717) is 12.1 Å². The van der Waals surface area contributed by atoms with Crippen molar-refractivity contribution in [2.45, 2.75) is 13.8 Å². The number of nitro benzene ring substituents is 1. The van der Waals surface area contributed by atoms with Gasteiger partial charge in [-0.2, -0.15) is 0 Å². The van der Waals surface area contributed by atoms with Crippen LogP contribution in [0.5, 0.6) is 0 Å². The van der Waals surface area contributed by atoms with Crippen LogP contribution in [-0.2, 0) is 4.79 Å². The second kappa shape index (κ2) is 5.51. The summed E-state index contributed by atoms with van der Waals surface area (Å²) in [6.45, 7) is 3.86. The molecule has 7 heteroatoms. The van der Waals surface area contributed by atoms with Gasteiger partial charge in [0.05, 0.1) is 10.8 Å². The Labute approximate surface area is 121 Å². The predicted octanol–water partition coefficient (Wildman–Crippen LogP) is 1.70. The number of aliphatic carboxylic acids is 1. The lowest BCUT2D eigenvalue weighted by molar-refractivity contribution is -0.385. The number of aryl methyl sites for hydroxylation is 1. The Kier molecular flexibility index (Phi) is 3.93. The molecule has 2 rings (SSSR count). The number of hydrogen-bond acceptors (Lipinski definition) is 4. The third kappa shape index (κ3) is 2.86. The molecular formula is C14H16N2O5. The quantitative estimate of drug-likeness (QED) is 0.675. The van der Waals surface area contributed by atoms with Crippen LogP contribution in [0.15, 0.2) is 18.2 Å². The average Bonchev–Trinajstić information content (AvgIpc) is 2.80. The number of rotatable bonds is 3. The highest BCUT2D eigenvalue weighted by Gasteiger charge is 2.37. The summed E-state index contributed by atoms with van der Waals surface area (Å²) in [6, 6.07) is 4.30. The number of carbonyl (C=O) groups excluding carboxylic acids is 1. The van der Waals surface area contributed by atoms with Crippen LogP contribution >= 0.6 is 0 Å². The lowest BCUT2D eigenvalue weighted by Crippen LogP contribution is -2.30. The first-order valence-corrected chi connectivity index (χ1v) is 6.58. The molecule has 21 heavy (non-hydrogen) atoms. The van der Waals surface area contributed by atoms with Crippen molar-refractivity contribution in [3.05, 3.63) is 39.4 Å². The third-order valence-electron chi connectivity index (χ3n) is 3.87. The van der Waals surface area contributed by atoms with E-state index in [0.717, 1.165) is 0 Å². The van der Waals surface area contributed by atoms with Crippen molar-refractivity contribution in [3.63, 3.8) is 0 Å². The molecule has 0 saturated carbocycles. The second-order valence-corrected chi connectivity index (χ2v) is 5.39. The predicted molar refractivity (Wildman–Crippen MR) is 74.0 cm³/mol. The van der Waals surface area contributed by atoms with Gasteiger partial charge in [0, 0.05) is 30.3 Å². The largest absolute Gasteiger partial charge is 0.481 e. The fourth-order valence-corrected chi connectivity index (χ4v) is 2.58. The molecule has 1 saturated heterocycles. The zero-order chi connectivity index (χ0) is 15.7. The monoisotopic (exact) mass is 292 g/mol. The van der Waals surface area contributed by atoms with Crippen molar-refractivity contribution >= 4 is 17.6 Å². The van der Waals surface area contributed by atoms with Crippen LogP contribution < -0.4 is 0 Å². The second-order valence-electron chi connectivity index (χ2n) is 5.39. The smallest absolute Gasteiger partial charge is 0.308 e. The molecule has 1 aliphatic heterocycles. The number of carboxylic acids is 1. The summed E-state index contributed by atoms with van der Waals surface area (Å²) in [5, 5.41) is 20.0. The van der Waals surface area contributed by atoms with Crippen LogP contribution in [0, 0.1) is 28.9 Å². The minimum atomic E-state index is -0.923. The molecule has 1 heterocycles. The maximum absolute atomic E-state index is 12.4. The number of nitro groups is 1. The number of amides is 1. The lowest BCUT2D eigenvalue weighted by atomic mass is 9.99. The Hall–Kier alpha value is -2.44. The van der Waals surface area contributed by atoms with E-state index in [2.05, 4.69) is 0 Å². The van der Waals surface area contributed by atoms with Crippen molar-refractivity contribution in [1.82, 2.24) is 4.90 Å². The highest BCUT2D eigenvalue weighted by atomic mass is 16.6. The summed E-state index contributed by atoms with van der Waals surface area (Å²) >= 11 is 0. The first-order chi connectivity index (χ1) is 9.81. The minimum Gasteiger partial charge on any atom is -0.481 e. The molecular weight excluding hydrogens is 276 g/mol. The molecule has 0 spiro atoms. The molecule has 1 aliphatic rings. The van der Waals surface area contributed by atoms with Crippen LogP contribution in [0.1, 0.15) is 22.8 Å². The lowest BCUT2D eigenvalue weighted by Gasteiger charge is -2.16. The van der Waals surface area contributed by atoms with Gasteiger partial charge in [0.2, 0.25) is 0 Å². The highest BCUT2D eigenvalue weighted by molar-refractivity contribution is 5.95. The molecule has 0 radical (unpaired) electrons. The fourth-order valence-electron chi connectivity index (χ4n) is 2.58. The van der Waals surface area contributed by atoms with Gasteiger partial charge in [-0.3, -0.25) is 19.7 Å². The molecule has 0 aliphatic carbocycles. The van der Waals surface area contributed by atoms with E-state index in [9.17, 15) is 19.7 Å². The number of carbonyl (C=O) groups is 2. The molecule has 1 amide bonds. The SMILES string of the molecule is Cc1ccc(C(=O)N2CC(C)C(C(=O)O)C2)cc1[N+](=O)[O-]. The minimum absolute atomic E-state index is 0.108. The van der Waals surface area contributed by atoms with Gasteiger partial charge in [-0.05, 0) is 18.9 Å². The zero-order valence-corrected chi connectivity index (χ0v) is 11.8. The summed E-state index contributed by atoms with van der Waals surface area (Å²) in [4.78, 5) is 35.3. The Morgan fingerprint density at radius 1 is 1.38 bits per heavy atom. The van der Waals surface area contributed by atoms with Gasteiger partial charge in [-0.25, -0.2) is 0 Å². The molecule has 1 aromatic carbocycles. The fraction of sp³-hybridized carbons (Fsp3) is 0.429. The Morgan fingerprint density at radius 2 is 2.05 bits per heavy atom. The molecule has 1 fully saturated rings. The summed E-state index contributed by atoms with van der Waals surface area (Å²) in [6.07, 6.45) is 0. The summed E-state index contributed by atoms with van der Waals surface area (Å²) < 4.78 is 0. The van der Waals surface area contributed by atoms with E-state index in [1.54, 1.807) is 13.8 Å². The Balaban J connectivity index is 2.24. The van der Waals surface area contributed by atoms with E-state index in [4.69, 9.17) is 5.11 Å². The van der Waals surface area contributed by atoms with Crippen molar-refractivity contribution in [2.24, 2.45) is 11.8 Å². The van der Waals surface area contributed by atoms with E-state index >= 15 is 0 Å². The maximum Gasteiger partial charge on any atom is 0.308 e. The number of likely N-dealkylation sites (tertiary alicyclic amines) is 1. The van der Waals surface area contributed by atoms with Gasteiger partial charge in [0.25, 0.3) is 11.6 Å².